The van der Waals surface area contributed by atoms with E-state index in [9.17, 15) is 0 Å². The molecule has 9 nitrogen and oxygen atoms in total. The van der Waals surface area contributed by atoms with Gasteiger partial charge >= 0.3 is 0 Å². The number of allylic oxidation sites excluding steroid dienone is 1. The van der Waals surface area contributed by atoms with Crippen molar-refractivity contribution in [1.29, 1.82) is 0 Å². The molecule has 0 saturated heterocycles. The first-order valence-electron chi connectivity index (χ1n) is 16.8. The normalized spacial score (nSPS) is 8.58. The molecule has 0 atom stereocenters. The Balaban J connectivity index is -0.000000104. The van der Waals surface area contributed by atoms with Crippen LogP contribution in [0, 0.1) is 34.6 Å². The van der Waals surface area contributed by atoms with Gasteiger partial charge in [-0.2, -0.15) is 0 Å². The van der Waals surface area contributed by atoms with E-state index in [1.54, 1.807) is 38.0 Å². The highest BCUT2D eigenvalue weighted by Gasteiger charge is 1.85. The predicted octanol–water partition coefficient (Wildman–Crippen LogP) is 13.0. The van der Waals surface area contributed by atoms with Gasteiger partial charge in [-0.3, -0.25) is 4.99 Å². The average molecular weight is 709 g/mol. The lowest BCUT2D eigenvalue weighted by molar-refractivity contribution is 0.521. The lowest BCUT2D eigenvalue weighted by atomic mass is 10.3. The average Bonchev–Trinajstić information content (AvgIpc) is 3.99. The van der Waals surface area contributed by atoms with Crippen molar-refractivity contribution in [2.45, 2.75) is 125 Å². The minimum atomic E-state index is 0.718. The van der Waals surface area contributed by atoms with Gasteiger partial charge < -0.3 is 13.3 Å². The Morgan fingerprint density at radius 3 is 1.44 bits per heavy atom. The summed E-state index contributed by atoms with van der Waals surface area (Å²) < 4.78 is 21.8. The smallest absolute Gasteiger partial charge is 0.190 e. The third-order valence-electron chi connectivity index (χ3n) is 3.60. The minimum absolute atomic E-state index is 0.718. The van der Waals surface area contributed by atoms with E-state index >= 15 is 0 Å². The quantitative estimate of drug-likeness (QED) is 0.156. The summed E-state index contributed by atoms with van der Waals surface area (Å²) in [4.78, 5) is 16.4. The summed E-state index contributed by atoms with van der Waals surface area (Å²) in [6.07, 6.45) is 16.9. The second-order valence-corrected chi connectivity index (χ2v) is 8.75. The Morgan fingerprint density at radius 1 is 0.688 bits per heavy atom. The van der Waals surface area contributed by atoms with Crippen molar-refractivity contribution in [3.8, 4) is 0 Å². The molecule has 0 fully saturated rings. The maximum Gasteiger partial charge on any atom is 0.190 e. The molecular weight excluding hydrogens is 641 g/mol. The van der Waals surface area contributed by atoms with Crippen LogP contribution in [0.5, 0.6) is 0 Å². The van der Waals surface area contributed by atoms with E-state index < -0.39 is 0 Å². The van der Waals surface area contributed by atoms with E-state index in [4.69, 9.17) is 8.83 Å². The predicted molar refractivity (Wildman–Crippen MR) is 213 cm³/mol. The van der Waals surface area contributed by atoms with Gasteiger partial charge in [0.2, 0.25) is 0 Å². The zero-order valence-electron chi connectivity index (χ0n) is 33.4. The van der Waals surface area contributed by atoms with Crippen molar-refractivity contribution in [1.82, 2.24) is 23.7 Å². The fraction of sp³-hybridized carbons (Fsp3) is 0.514. The molecule has 6 rings (SSSR count). The van der Waals surface area contributed by atoms with Crippen LogP contribution in [-0.4, -0.2) is 36.5 Å². The lowest BCUT2D eigenvalue weighted by Crippen LogP contribution is -1.63. The van der Waals surface area contributed by atoms with Crippen molar-refractivity contribution < 1.29 is 13.3 Å². The molecule has 48 heavy (non-hydrogen) atoms. The zero-order chi connectivity index (χ0) is 38.4. The third-order valence-corrected chi connectivity index (χ3v) is 4.96. The van der Waals surface area contributed by atoms with Crippen molar-refractivity contribution in [3.63, 3.8) is 0 Å². The van der Waals surface area contributed by atoms with Gasteiger partial charge in [-0.05, 0) is 74.9 Å². The molecule has 0 bridgehead atoms. The third kappa shape index (κ3) is 49.2. The van der Waals surface area contributed by atoms with Gasteiger partial charge in [-0.15, -0.1) is 0 Å². The molecule has 5 aromatic heterocycles. The van der Waals surface area contributed by atoms with Gasteiger partial charge in [0, 0.05) is 35.8 Å². The highest BCUT2D eigenvalue weighted by molar-refractivity contribution is 7.05. The van der Waals surface area contributed by atoms with Crippen molar-refractivity contribution >= 4 is 29.3 Å². The number of rotatable bonds is 0. The van der Waals surface area contributed by atoms with E-state index in [0.717, 1.165) is 23.9 Å². The fourth-order valence-electron chi connectivity index (χ4n) is 1.83. The van der Waals surface area contributed by atoms with Crippen LogP contribution >= 0.6 is 23.1 Å². The number of nitrogens with zero attached hydrogens (tertiary/aromatic N) is 6. The highest BCUT2D eigenvalue weighted by atomic mass is 32.1. The van der Waals surface area contributed by atoms with Crippen LogP contribution in [0.25, 0.3) is 0 Å². The summed E-state index contributed by atoms with van der Waals surface area (Å²) in [5.74, 6) is 1.57. The van der Waals surface area contributed by atoms with Crippen molar-refractivity contribution in [3.05, 3.63) is 101 Å². The molecular formula is C37H68N6O3S2. The van der Waals surface area contributed by atoms with Crippen LogP contribution < -0.4 is 0 Å². The molecule has 0 aromatic carbocycles. The first-order valence-corrected chi connectivity index (χ1v) is 18.4. The summed E-state index contributed by atoms with van der Waals surface area (Å²) in [6, 6.07) is 1.99. The van der Waals surface area contributed by atoms with Crippen molar-refractivity contribution in [2.24, 2.45) is 4.99 Å². The van der Waals surface area contributed by atoms with Crippen LogP contribution in [-0.2, 0) is 0 Å². The summed E-state index contributed by atoms with van der Waals surface area (Å²) in [6.45, 7) is 36.6. The van der Waals surface area contributed by atoms with Crippen LogP contribution in [0.4, 0.5) is 0 Å². The van der Waals surface area contributed by atoms with E-state index in [-0.39, 0.29) is 0 Å². The molecule has 1 aliphatic heterocycles. The minimum Gasteiger partial charge on any atom is -0.452 e. The molecule has 0 aliphatic carbocycles. The van der Waals surface area contributed by atoms with Crippen LogP contribution in [0.3, 0.4) is 0 Å². The van der Waals surface area contributed by atoms with Crippen LogP contribution in [0.1, 0.15) is 118 Å². The van der Waals surface area contributed by atoms with Gasteiger partial charge in [0.25, 0.3) is 0 Å². The summed E-state index contributed by atoms with van der Waals surface area (Å²) in [5, 5.41) is 2.01. The lowest BCUT2D eigenvalue weighted by Gasteiger charge is -1.69. The topological polar surface area (TPSA) is 116 Å². The first kappa shape index (κ1) is 56.6. The van der Waals surface area contributed by atoms with Gasteiger partial charge in [-0.25, -0.2) is 23.7 Å². The molecule has 5 aromatic rings. The van der Waals surface area contributed by atoms with Crippen LogP contribution in [0.15, 0.2) is 91.4 Å². The van der Waals surface area contributed by atoms with E-state index in [0.29, 0.717) is 0 Å². The number of aliphatic imine (C=N–C) groups is 1. The highest BCUT2D eigenvalue weighted by Crippen LogP contribution is 1.98. The van der Waals surface area contributed by atoms with Gasteiger partial charge in [0.1, 0.15) is 18.3 Å². The molecule has 0 spiro atoms. The number of aryl methyl sites for hydroxylation is 5. The zero-order valence-corrected chi connectivity index (χ0v) is 35.0. The van der Waals surface area contributed by atoms with Gasteiger partial charge in [0.15, 0.2) is 18.7 Å². The Hall–Kier alpha value is -3.70. The van der Waals surface area contributed by atoms with Crippen LogP contribution in [0.2, 0.25) is 0 Å². The largest absolute Gasteiger partial charge is 0.452 e. The van der Waals surface area contributed by atoms with E-state index in [2.05, 4.69) is 46.1 Å². The van der Waals surface area contributed by atoms with Gasteiger partial charge in [-0.1, -0.05) is 89.2 Å². The molecule has 276 valence electrons. The Bertz CT molecular complexity index is 967. The monoisotopic (exact) mass is 708 g/mol. The van der Waals surface area contributed by atoms with Crippen molar-refractivity contribution in [2.75, 3.05) is 6.54 Å². The SMILES string of the molecule is CC.CC.CC.CC.CC.CC.CC1=CCN=C1.Cc1ccns1.Cc1cnco1.Cc1cnsc1.Cc1cocn1.Cc1ncco1. The second-order valence-electron chi connectivity index (χ2n) is 7.06. The molecule has 6 heterocycles. The fourth-order valence-corrected chi connectivity index (χ4v) is 2.75. The molecule has 11 heteroatoms. The molecule has 0 radical (unpaired) electrons. The van der Waals surface area contributed by atoms with Gasteiger partial charge in [0.05, 0.1) is 24.6 Å². The number of hydrogen-bond donors (Lipinski definition) is 0. The summed E-state index contributed by atoms with van der Waals surface area (Å²) in [7, 11) is 0. The molecule has 1 aliphatic rings. The molecule has 0 amide bonds. The first-order chi connectivity index (χ1) is 23.4. The molecule has 0 saturated carbocycles. The Kier molecular flexibility index (Phi) is 62.3. The number of hydrogen-bond acceptors (Lipinski definition) is 11. The maximum absolute atomic E-state index is 4.72. The molecule has 0 N–H and O–H groups in total. The number of aromatic nitrogens is 5. The summed E-state index contributed by atoms with van der Waals surface area (Å²) >= 11 is 3.02. The van der Waals surface area contributed by atoms with E-state index in [1.807, 2.05) is 135 Å². The standard InChI is InChI=1S/C5H7N.3C4H5NO.2C4H5NS.6C2H6/c1-5-2-3-6-4-5;1-4-2-6-3-5-4;1-4-2-5-3-6-4;1-4-5-2-3-6-4;1-4-2-5-6-3-4;1-4-2-3-5-6-4;6*1-2/h2,4H,3H2,1H3;5*2-3H,1H3;6*1-2H3. The second kappa shape index (κ2) is 52.8. The Morgan fingerprint density at radius 2 is 1.31 bits per heavy atom. The van der Waals surface area contributed by atoms with E-state index in [1.165, 1.54) is 51.9 Å². The maximum atomic E-state index is 4.72. The number of oxazole rings is 3. The Labute approximate surface area is 302 Å². The molecule has 0 unspecified atom stereocenters. The summed E-state index contributed by atoms with van der Waals surface area (Å²) in [5.41, 5.74) is 3.46.